The molecule has 2 aromatic heterocycles. The summed E-state index contributed by atoms with van der Waals surface area (Å²) in [6.45, 7) is -0.968. The van der Waals surface area contributed by atoms with Gasteiger partial charge in [-0.25, -0.2) is 18.7 Å². The van der Waals surface area contributed by atoms with Gasteiger partial charge in [0.05, 0.1) is 28.7 Å². The first-order valence-electron chi connectivity index (χ1n) is 15.0. The Bertz CT molecular complexity index is 1680. The van der Waals surface area contributed by atoms with Crippen molar-refractivity contribution in [2.45, 2.75) is 69.9 Å². The number of carbonyl (C=O) groups excluding carboxylic acids is 2. The fraction of sp³-hybridized carbons (Fsp3) is 0.533. The zero-order valence-corrected chi connectivity index (χ0v) is 26.5. The van der Waals surface area contributed by atoms with Gasteiger partial charge in [0.2, 0.25) is 11.9 Å². The molecular weight excluding hydrogens is 678 g/mol. The van der Waals surface area contributed by atoms with Crippen LogP contribution in [0.3, 0.4) is 0 Å². The van der Waals surface area contributed by atoms with Crippen molar-refractivity contribution in [3.63, 3.8) is 0 Å². The molecule has 2 heterocycles. The largest absolute Gasteiger partial charge is 0.403 e. The van der Waals surface area contributed by atoms with E-state index in [1.807, 2.05) is 0 Å². The highest BCUT2D eigenvalue weighted by atomic mass is 35.5. The number of benzene rings is 1. The van der Waals surface area contributed by atoms with E-state index in [-0.39, 0.29) is 84.3 Å². The number of nitrogens with zero attached hydrogens (tertiary/aromatic N) is 4. The number of carbonyl (C=O) groups is 2. The van der Waals surface area contributed by atoms with Crippen molar-refractivity contribution in [2.75, 3.05) is 23.8 Å². The number of hydrogen-bond donors (Lipinski definition) is 3. The number of anilines is 3. The Morgan fingerprint density at radius 2 is 1.73 bits per heavy atom. The van der Waals surface area contributed by atoms with Crippen LogP contribution in [0.4, 0.5) is 52.6 Å². The lowest BCUT2D eigenvalue weighted by Crippen LogP contribution is -2.40. The molecule has 1 aromatic carbocycles. The highest BCUT2D eigenvalue weighted by Crippen LogP contribution is 2.57. The minimum atomic E-state index is -4.65. The molecule has 2 saturated carbocycles. The number of aryl methyl sites for hydroxylation is 1. The number of halogens is 9. The van der Waals surface area contributed by atoms with E-state index in [2.05, 4.69) is 25.9 Å². The molecule has 0 aliphatic heterocycles. The lowest BCUT2D eigenvalue weighted by Gasteiger charge is -2.30. The molecule has 3 N–H and O–H groups in total. The van der Waals surface area contributed by atoms with Crippen LogP contribution in [0.5, 0.6) is 0 Å². The van der Waals surface area contributed by atoms with E-state index in [0.717, 1.165) is 4.90 Å². The molecule has 48 heavy (non-hydrogen) atoms. The summed E-state index contributed by atoms with van der Waals surface area (Å²) in [6, 6.07) is 5.32. The van der Waals surface area contributed by atoms with Gasteiger partial charge in [-0.3, -0.25) is 14.2 Å². The zero-order valence-electron chi connectivity index (χ0n) is 25.7. The lowest BCUT2D eigenvalue weighted by atomic mass is 9.85. The molecule has 2 amide bonds. The van der Waals surface area contributed by atoms with E-state index >= 15 is 0 Å². The first-order valence-corrected chi connectivity index (χ1v) is 15.4. The van der Waals surface area contributed by atoms with Crippen LogP contribution in [0.1, 0.15) is 54.4 Å². The number of nitrogens with one attached hydrogen (secondary N) is 3. The number of hydrogen-bond acceptors (Lipinski definition) is 6. The maximum Gasteiger partial charge on any atom is 0.403 e. The number of fused-ring (bicyclic) bond motifs is 1. The molecule has 18 heteroatoms. The minimum Gasteiger partial charge on any atom is -0.353 e. The Morgan fingerprint density at radius 3 is 2.31 bits per heavy atom. The van der Waals surface area contributed by atoms with Crippen molar-refractivity contribution < 1.29 is 44.7 Å². The molecule has 0 atom stereocenters. The van der Waals surface area contributed by atoms with Gasteiger partial charge in [0.1, 0.15) is 16.7 Å². The van der Waals surface area contributed by atoms with Crippen LogP contribution in [0.25, 0.3) is 11.2 Å². The molecule has 2 aliphatic rings. The number of pyridine rings is 1. The van der Waals surface area contributed by atoms with Crippen molar-refractivity contribution in [3.8, 4) is 0 Å². The fourth-order valence-corrected chi connectivity index (χ4v) is 5.97. The second-order valence-corrected chi connectivity index (χ2v) is 12.6. The number of alkyl halides is 8. The number of amides is 2. The van der Waals surface area contributed by atoms with Crippen LogP contribution in [0.2, 0.25) is 5.02 Å². The van der Waals surface area contributed by atoms with E-state index in [1.165, 1.54) is 35.9 Å². The van der Waals surface area contributed by atoms with E-state index in [0.29, 0.717) is 5.56 Å². The molecular formula is C30H32ClF8N7O2. The average Bonchev–Trinajstić information content (AvgIpc) is 3.77. The molecule has 3 aromatic rings. The zero-order chi connectivity index (χ0) is 35.2. The average molecular weight is 710 g/mol. The van der Waals surface area contributed by atoms with Gasteiger partial charge in [0.15, 0.2) is 5.65 Å². The number of aromatic nitrogens is 3. The third-order valence-corrected chi connectivity index (χ3v) is 9.16. The van der Waals surface area contributed by atoms with Crippen LogP contribution < -0.4 is 20.9 Å². The monoisotopic (exact) mass is 709 g/mol. The summed E-state index contributed by atoms with van der Waals surface area (Å²) in [5.74, 6) is -3.20. The summed E-state index contributed by atoms with van der Waals surface area (Å²) in [5.41, 5.74) is -1.38. The SMILES string of the molecule is CN(CC(F)F)c1nc2c(cc1C(=O)N[C@H]1CC[C@H](C(F)(F)F)CC1)nc(Nc1cc(CNC(=O)C3(C(F)(F)F)CC3)ccc1Cl)n2C. The Kier molecular flexibility index (Phi) is 9.74. The normalized spacial score (nSPS) is 19.3. The van der Waals surface area contributed by atoms with Crippen molar-refractivity contribution in [1.29, 1.82) is 0 Å². The quantitative estimate of drug-likeness (QED) is 0.199. The van der Waals surface area contributed by atoms with Crippen molar-refractivity contribution in [1.82, 2.24) is 25.2 Å². The Hall–Kier alpha value is -3.89. The van der Waals surface area contributed by atoms with E-state index in [1.54, 1.807) is 7.05 Å². The van der Waals surface area contributed by atoms with E-state index in [9.17, 15) is 44.7 Å². The Morgan fingerprint density at radius 1 is 1.06 bits per heavy atom. The summed E-state index contributed by atoms with van der Waals surface area (Å²) in [6.07, 6.45) is -12.4. The molecule has 2 fully saturated rings. The topological polar surface area (TPSA) is 104 Å². The molecule has 0 unspecified atom stereocenters. The third-order valence-electron chi connectivity index (χ3n) is 8.83. The maximum absolute atomic E-state index is 13.4. The second-order valence-electron chi connectivity index (χ2n) is 12.2. The fourth-order valence-electron chi connectivity index (χ4n) is 5.81. The number of rotatable bonds is 10. The lowest BCUT2D eigenvalue weighted by molar-refractivity contribution is -0.192. The van der Waals surface area contributed by atoms with Crippen molar-refractivity contribution >= 4 is 52.0 Å². The van der Waals surface area contributed by atoms with Crippen LogP contribution in [0.15, 0.2) is 24.3 Å². The molecule has 5 rings (SSSR count). The predicted octanol–water partition coefficient (Wildman–Crippen LogP) is 6.88. The van der Waals surface area contributed by atoms with E-state index < -0.39 is 54.5 Å². The van der Waals surface area contributed by atoms with Crippen LogP contribution in [-0.4, -0.2) is 64.8 Å². The van der Waals surface area contributed by atoms with Crippen molar-refractivity contribution in [2.24, 2.45) is 18.4 Å². The van der Waals surface area contributed by atoms with Crippen LogP contribution in [0, 0.1) is 11.3 Å². The van der Waals surface area contributed by atoms with Gasteiger partial charge in [0, 0.05) is 26.7 Å². The van der Waals surface area contributed by atoms with Gasteiger partial charge in [-0.1, -0.05) is 17.7 Å². The predicted molar refractivity (Wildman–Crippen MR) is 161 cm³/mol. The van der Waals surface area contributed by atoms with Crippen LogP contribution >= 0.6 is 11.6 Å². The number of imidazole rings is 1. The summed E-state index contributed by atoms with van der Waals surface area (Å²) >= 11 is 6.37. The first kappa shape index (κ1) is 35.4. The third kappa shape index (κ3) is 7.39. The molecule has 0 saturated heterocycles. The van der Waals surface area contributed by atoms with E-state index in [4.69, 9.17) is 11.6 Å². The molecule has 0 spiro atoms. The summed E-state index contributed by atoms with van der Waals surface area (Å²) in [5, 5.41) is 8.25. The molecule has 0 radical (unpaired) electrons. The first-order chi connectivity index (χ1) is 22.4. The standard InChI is InChI=1S/C30H32ClF8N7O2/c1-45(14-22(32)33)23-18(25(47)41-17-6-4-16(5-7-17)29(34,35)36)12-21-24(44-23)46(2)27(43-21)42-20-11-15(3-8-19(20)31)13-40-26(48)28(9-10-28)30(37,38)39/h3,8,11-12,16-17,22H,4-7,9-10,13-14H2,1-2H3,(H,40,48)(H,41,47)(H,42,43)/t16-,17-. The molecule has 9 nitrogen and oxygen atoms in total. The Balaban J connectivity index is 1.37. The molecule has 262 valence electrons. The maximum atomic E-state index is 13.4. The van der Waals surface area contributed by atoms with Gasteiger partial charge < -0.3 is 20.9 Å². The summed E-state index contributed by atoms with van der Waals surface area (Å²) in [7, 11) is 2.88. The highest BCUT2D eigenvalue weighted by Gasteiger charge is 2.68. The highest BCUT2D eigenvalue weighted by molar-refractivity contribution is 6.33. The smallest absolute Gasteiger partial charge is 0.353 e. The van der Waals surface area contributed by atoms with Gasteiger partial charge in [0.25, 0.3) is 12.3 Å². The van der Waals surface area contributed by atoms with Crippen LogP contribution in [-0.2, 0) is 18.4 Å². The minimum absolute atomic E-state index is 0.0954. The molecule has 2 aliphatic carbocycles. The van der Waals surface area contributed by atoms with Gasteiger partial charge in [-0.15, -0.1) is 0 Å². The van der Waals surface area contributed by atoms with Gasteiger partial charge >= 0.3 is 12.4 Å². The summed E-state index contributed by atoms with van der Waals surface area (Å²) in [4.78, 5) is 35.7. The second kappa shape index (κ2) is 13.2. The van der Waals surface area contributed by atoms with Gasteiger partial charge in [-0.2, -0.15) is 26.3 Å². The van der Waals surface area contributed by atoms with Crippen molar-refractivity contribution in [3.05, 3.63) is 40.4 Å². The Labute approximate surface area is 274 Å². The summed E-state index contributed by atoms with van der Waals surface area (Å²) < 4.78 is 107. The van der Waals surface area contributed by atoms with Gasteiger partial charge in [-0.05, 0) is 62.3 Å². The molecule has 0 bridgehead atoms.